The monoisotopic (exact) mass is 235 g/mol. The average molecular weight is 235 g/mol. The van der Waals surface area contributed by atoms with E-state index in [4.69, 9.17) is 0 Å². The number of hydrogen-bond donors (Lipinski definition) is 1. The Hall–Kier alpha value is -0.990. The fraction of sp³-hybridized carbons (Fsp3) is 0.786. The molecule has 0 aliphatic heterocycles. The Morgan fingerprint density at radius 2 is 2.18 bits per heavy atom. The second-order valence-corrected chi connectivity index (χ2v) is 5.28. The zero-order valence-corrected chi connectivity index (χ0v) is 11.2. The second-order valence-electron chi connectivity index (χ2n) is 5.28. The Labute approximate surface area is 105 Å². The van der Waals surface area contributed by atoms with Gasteiger partial charge >= 0.3 is 0 Å². The van der Waals surface area contributed by atoms with Crippen molar-refractivity contribution < 1.29 is 0 Å². The average Bonchev–Trinajstić information content (AvgIpc) is 2.78. The molecule has 1 saturated carbocycles. The van der Waals surface area contributed by atoms with E-state index in [1.54, 1.807) is 0 Å². The molecule has 0 saturated heterocycles. The van der Waals surface area contributed by atoms with E-state index in [0.29, 0.717) is 12.1 Å². The molecule has 0 amide bonds. The van der Waals surface area contributed by atoms with E-state index in [1.165, 1.54) is 44.9 Å². The molecule has 1 N–H and O–H groups in total. The predicted octanol–water partition coefficient (Wildman–Crippen LogP) is 3.99. The van der Waals surface area contributed by atoms with Gasteiger partial charge in [-0.25, -0.2) is 4.98 Å². The highest BCUT2D eigenvalue weighted by atomic mass is 15.2. The van der Waals surface area contributed by atoms with Gasteiger partial charge in [-0.3, -0.25) is 0 Å². The van der Waals surface area contributed by atoms with Gasteiger partial charge in [-0.2, -0.15) is 0 Å². The van der Waals surface area contributed by atoms with Gasteiger partial charge in [-0.1, -0.05) is 32.6 Å². The molecule has 0 spiro atoms. The van der Waals surface area contributed by atoms with Crippen molar-refractivity contribution in [3.8, 4) is 0 Å². The fourth-order valence-electron chi connectivity index (χ4n) is 2.80. The first kappa shape index (κ1) is 12.5. The van der Waals surface area contributed by atoms with E-state index in [-0.39, 0.29) is 0 Å². The summed E-state index contributed by atoms with van der Waals surface area (Å²) in [6.07, 6.45) is 13.3. The van der Waals surface area contributed by atoms with Crippen LogP contribution in [0.15, 0.2) is 12.4 Å². The maximum absolute atomic E-state index is 4.47. The van der Waals surface area contributed by atoms with Gasteiger partial charge in [0.1, 0.15) is 0 Å². The van der Waals surface area contributed by atoms with Crippen molar-refractivity contribution >= 4 is 5.95 Å². The van der Waals surface area contributed by atoms with Crippen molar-refractivity contribution in [3.05, 3.63) is 12.4 Å². The first-order chi connectivity index (χ1) is 8.31. The van der Waals surface area contributed by atoms with Gasteiger partial charge < -0.3 is 9.88 Å². The van der Waals surface area contributed by atoms with Gasteiger partial charge in [-0.05, 0) is 26.2 Å². The summed E-state index contributed by atoms with van der Waals surface area (Å²) in [6.45, 7) is 4.47. The topological polar surface area (TPSA) is 29.9 Å². The van der Waals surface area contributed by atoms with Gasteiger partial charge in [-0.15, -0.1) is 0 Å². The molecule has 1 atom stereocenters. The van der Waals surface area contributed by atoms with E-state index < -0.39 is 0 Å². The summed E-state index contributed by atoms with van der Waals surface area (Å²) in [5.74, 6) is 1.07. The third kappa shape index (κ3) is 3.24. The molecule has 96 valence electrons. The summed E-state index contributed by atoms with van der Waals surface area (Å²) < 4.78 is 2.35. The molecule has 1 heterocycles. The Morgan fingerprint density at radius 1 is 1.41 bits per heavy atom. The van der Waals surface area contributed by atoms with E-state index in [2.05, 4.69) is 34.9 Å². The number of hydrogen-bond acceptors (Lipinski definition) is 2. The number of anilines is 1. The largest absolute Gasteiger partial charge is 0.353 e. The standard InChI is InChI=1S/C14H25N3/c1-3-7-12(2)16-14-15-10-11-17(14)13-8-5-4-6-9-13/h10-13H,3-9H2,1-2H3,(H,15,16). The molecular weight excluding hydrogens is 210 g/mol. The number of nitrogens with zero attached hydrogens (tertiary/aromatic N) is 2. The normalized spacial score (nSPS) is 19.2. The summed E-state index contributed by atoms with van der Waals surface area (Å²) in [4.78, 5) is 4.47. The highest BCUT2D eigenvalue weighted by Gasteiger charge is 2.18. The van der Waals surface area contributed by atoms with Crippen LogP contribution in [-0.2, 0) is 0 Å². The number of nitrogens with one attached hydrogen (secondary N) is 1. The summed E-state index contributed by atoms with van der Waals surface area (Å²) in [6, 6.07) is 1.19. The van der Waals surface area contributed by atoms with Gasteiger partial charge in [0.15, 0.2) is 0 Å². The molecule has 2 rings (SSSR count). The fourth-order valence-corrected chi connectivity index (χ4v) is 2.80. The van der Waals surface area contributed by atoms with Crippen molar-refractivity contribution in [2.75, 3.05) is 5.32 Å². The van der Waals surface area contributed by atoms with Gasteiger partial charge in [0.25, 0.3) is 0 Å². The summed E-state index contributed by atoms with van der Waals surface area (Å²) >= 11 is 0. The molecule has 17 heavy (non-hydrogen) atoms. The van der Waals surface area contributed by atoms with E-state index in [1.807, 2.05) is 6.20 Å². The zero-order chi connectivity index (χ0) is 12.1. The zero-order valence-electron chi connectivity index (χ0n) is 11.2. The van der Waals surface area contributed by atoms with Crippen molar-refractivity contribution in [1.29, 1.82) is 0 Å². The summed E-state index contributed by atoms with van der Waals surface area (Å²) in [7, 11) is 0. The molecule has 1 aromatic heterocycles. The van der Waals surface area contributed by atoms with E-state index in [0.717, 1.165) is 5.95 Å². The lowest BCUT2D eigenvalue weighted by Gasteiger charge is -2.25. The van der Waals surface area contributed by atoms with Crippen LogP contribution in [0.2, 0.25) is 0 Å². The molecule has 1 unspecified atom stereocenters. The predicted molar refractivity (Wildman–Crippen MR) is 72.3 cm³/mol. The molecule has 3 nitrogen and oxygen atoms in total. The molecule has 0 aromatic carbocycles. The van der Waals surface area contributed by atoms with Crippen LogP contribution in [0.5, 0.6) is 0 Å². The Kier molecular flexibility index (Phi) is 4.46. The minimum absolute atomic E-state index is 0.518. The van der Waals surface area contributed by atoms with Crippen LogP contribution in [-0.4, -0.2) is 15.6 Å². The van der Waals surface area contributed by atoms with Crippen molar-refractivity contribution in [2.24, 2.45) is 0 Å². The Morgan fingerprint density at radius 3 is 2.88 bits per heavy atom. The number of rotatable bonds is 5. The van der Waals surface area contributed by atoms with Crippen LogP contribution in [0.25, 0.3) is 0 Å². The van der Waals surface area contributed by atoms with Crippen molar-refractivity contribution in [2.45, 2.75) is 70.9 Å². The van der Waals surface area contributed by atoms with Crippen LogP contribution in [0.4, 0.5) is 5.95 Å². The minimum Gasteiger partial charge on any atom is -0.353 e. The number of aromatic nitrogens is 2. The van der Waals surface area contributed by atoms with Crippen molar-refractivity contribution in [3.63, 3.8) is 0 Å². The third-order valence-electron chi connectivity index (χ3n) is 3.73. The van der Waals surface area contributed by atoms with Gasteiger partial charge in [0.2, 0.25) is 5.95 Å². The molecule has 0 radical (unpaired) electrons. The van der Waals surface area contributed by atoms with Gasteiger partial charge in [0, 0.05) is 24.5 Å². The molecular formula is C14H25N3. The quantitative estimate of drug-likeness (QED) is 0.836. The molecule has 1 aliphatic rings. The lowest BCUT2D eigenvalue weighted by Crippen LogP contribution is -2.21. The van der Waals surface area contributed by atoms with E-state index >= 15 is 0 Å². The molecule has 0 bridgehead atoms. The van der Waals surface area contributed by atoms with Crippen LogP contribution >= 0.6 is 0 Å². The van der Waals surface area contributed by atoms with Crippen molar-refractivity contribution in [1.82, 2.24) is 9.55 Å². The smallest absolute Gasteiger partial charge is 0.203 e. The summed E-state index contributed by atoms with van der Waals surface area (Å²) in [5.41, 5.74) is 0. The highest BCUT2D eigenvalue weighted by Crippen LogP contribution is 2.30. The summed E-state index contributed by atoms with van der Waals surface area (Å²) in [5, 5.41) is 3.54. The molecule has 1 aliphatic carbocycles. The molecule has 1 aromatic rings. The SMILES string of the molecule is CCCC(C)Nc1nccn1C1CCCCC1. The van der Waals surface area contributed by atoms with E-state index in [9.17, 15) is 0 Å². The Balaban J connectivity index is 2.00. The maximum atomic E-state index is 4.47. The lowest BCUT2D eigenvalue weighted by atomic mass is 9.95. The molecule has 3 heteroatoms. The highest BCUT2D eigenvalue weighted by molar-refractivity contribution is 5.28. The van der Waals surface area contributed by atoms with Gasteiger partial charge in [0.05, 0.1) is 0 Å². The van der Waals surface area contributed by atoms with Crippen LogP contribution in [0, 0.1) is 0 Å². The number of imidazole rings is 1. The van der Waals surface area contributed by atoms with Crippen LogP contribution in [0.3, 0.4) is 0 Å². The first-order valence-corrected chi connectivity index (χ1v) is 7.10. The second kappa shape index (κ2) is 6.08. The lowest BCUT2D eigenvalue weighted by molar-refractivity contribution is 0.355. The Bertz CT molecular complexity index is 326. The van der Waals surface area contributed by atoms with Crippen LogP contribution in [0.1, 0.15) is 64.8 Å². The van der Waals surface area contributed by atoms with Crippen LogP contribution < -0.4 is 5.32 Å². The minimum atomic E-state index is 0.518. The first-order valence-electron chi connectivity index (χ1n) is 7.10. The maximum Gasteiger partial charge on any atom is 0.203 e. The third-order valence-corrected chi connectivity index (χ3v) is 3.73. The molecule has 1 fully saturated rings.